The fraction of sp³-hybridized carbons (Fsp3) is 0.273. The molecule has 80 valence electrons. The molecule has 1 aromatic carbocycles. The molecule has 1 atom stereocenters. The van der Waals surface area contributed by atoms with Crippen LogP contribution in [0.2, 0.25) is 0 Å². The molecule has 0 amide bonds. The summed E-state index contributed by atoms with van der Waals surface area (Å²) in [6, 6.07) is 6.24. The minimum Gasteiger partial charge on any atom is -0.481 e. The fourth-order valence-corrected chi connectivity index (χ4v) is 1.22. The van der Waals surface area contributed by atoms with E-state index in [1.807, 2.05) is 0 Å². The Balaban J connectivity index is 2.72. The van der Waals surface area contributed by atoms with Gasteiger partial charge in [-0.15, -0.1) is 0 Å². The lowest BCUT2D eigenvalue weighted by molar-refractivity contribution is -0.141. The Labute approximate surface area is 87.2 Å². The van der Waals surface area contributed by atoms with Crippen LogP contribution in [-0.4, -0.2) is 22.2 Å². The van der Waals surface area contributed by atoms with E-state index in [1.165, 1.54) is 12.1 Å². The van der Waals surface area contributed by atoms with Crippen LogP contribution in [0.4, 0.5) is 0 Å². The first-order valence-corrected chi connectivity index (χ1v) is 4.55. The van der Waals surface area contributed by atoms with Crippen molar-refractivity contribution in [2.45, 2.75) is 13.3 Å². The molecule has 1 aromatic rings. The minimum absolute atomic E-state index is 0.210. The van der Waals surface area contributed by atoms with Crippen molar-refractivity contribution in [1.82, 2.24) is 0 Å². The maximum absolute atomic E-state index is 10.6. The normalized spacial score (nSPS) is 12.1. The van der Waals surface area contributed by atoms with Gasteiger partial charge >= 0.3 is 11.9 Å². The molecular formula is C11H12O4. The second-order valence-corrected chi connectivity index (χ2v) is 3.45. The van der Waals surface area contributed by atoms with Crippen molar-refractivity contribution >= 4 is 11.9 Å². The highest BCUT2D eigenvalue weighted by Crippen LogP contribution is 2.10. The standard InChI is InChI=1S/C11H12O4/c1-7(10(12)13)6-8-2-4-9(5-3-8)11(14)15/h2-5,7H,6H2,1H3,(H,12,13)(H,14,15). The van der Waals surface area contributed by atoms with Crippen molar-refractivity contribution in [2.24, 2.45) is 5.92 Å². The third-order valence-corrected chi connectivity index (χ3v) is 2.16. The first kappa shape index (κ1) is 11.2. The van der Waals surface area contributed by atoms with Gasteiger partial charge in [-0.2, -0.15) is 0 Å². The lowest BCUT2D eigenvalue weighted by atomic mass is 10.0. The molecule has 4 heteroatoms. The average Bonchev–Trinajstić information content (AvgIpc) is 2.18. The molecule has 1 unspecified atom stereocenters. The van der Waals surface area contributed by atoms with Crippen LogP contribution in [0.5, 0.6) is 0 Å². The molecular weight excluding hydrogens is 196 g/mol. The molecule has 0 aliphatic carbocycles. The summed E-state index contributed by atoms with van der Waals surface area (Å²) >= 11 is 0. The van der Waals surface area contributed by atoms with E-state index in [9.17, 15) is 9.59 Å². The Hall–Kier alpha value is -1.84. The van der Waals surface area contributed by atoms with Gasteiger partial charge < -0.3 is 10.2 Å². The Kier molecular flexibility index (Phi) is 3.44. The average molecular weight is 208 g/mol. The van der Waals surface area contributed by atoms with Gasteiger partial charge in [0.05, 0.1) is 11.5 Å². The molecule has 2 N–H and O–H groups in total. The second-order valence-electron chi connectivity index (χ2n) is 3.45. The molecule has 0 spiro atoms. The predicted octanol–water partition coefficient (Wildman–Crippen LogP) is 1.65. The number of carboxylic acid groups (broad SMARTS) is 2. The third-order valence-electron chi connectivity index (χ3n) is 2.16. The molecule has 0 fully saturated rings. The number of aromatic carboxylic acids is 1. The minimum atomic E-state index is -0.979. The molecule has 0 aliphatic rings. The van der Waals surface area contributed by atoms with Gasteiger partial charge in [0.15, 0.2) is 0 Å². The summed E-state index contributed by atoms with van der Waals surface area (Å²) in [7, 11) is 0. The van der Waals surface area contributed by atoms with Gasteiger partial charge in [-0.05, 0) is 24.1 Å². The van der Waals surface area contributed by atoms with Crippen molar-refractivity contribution in [2.75, 3.05) is 0 Å². The largest absolute Gasteiger partial charge is 0.481 e. The van der Waals surface area contributed by atoms with E-state index in [4.69, 9.17) is 10.2 Å². The van der Waals surface area contributed by atoms with Gasteiger partial charge in [-0.25, -0.2) is 4.79 Å². The van der Waals surface area contributed by atoms with Crippen molar-refractivity contribution in [3.05, 3.63) is 35.4 Å². The van der Waals surface area contributed by atoms with Gasteiger partial charge in [0.1, 0.15) is 0 Å². The maximum atomic E-state index is 10.6. The van der Waals surface area contributed by atoms with Crippen molar-refractivity contribution < 1.29 is 19.8 Å². The third kappa shape index (κ3) is 3.09. The molecule has 4 nitrogen and oxygen atoms in total. The van der Waals surface area contributed by atoms with E-state index in [1.54, 1.807) is 19.1 Å². The number of hydrogen-bond donors (Lipinski definition) is 2. The van der Waals surface area contributed by atoms with E-state index in [-0.39, 0.29) is 5.56 Å². The van der Waals surface area contributed by atoms with Crippen molar-refractivity contribution in [3.8, 4) is 0 Å². The summed E-state index contributed by atoms with van der Waals surface area (Å²) in [5, 5.41) is 17.3. The summed E-state index contributed by atoms with van der Waals surface area (Å²) in [5.74, 6) is -2.29. The summed E-state index contributed by atoms with van der Waals surface area (Å²) in [6.07, 6.45) is 0.412. The van der Waals surface area contributed by atoms with Crippen LogP contribution in [0, 0.1) is 5.92 Å². The van der Waals surface area contributed by atoms with Crippen LogP contribution >= 0.6 is 0 Å². The van der Waals surface area contributed by atoms with E-state index in [0.29, 0.717) is 6.42 Å². The van der Waals surface area contributed by atoms with E-state index >= 15 is 0 Å². The Bertz CT molecular complexity index is 367. The number of hydrogen-bond acceptors (Lipinski definition) is 2. The topological polar surface area (TPSA) is 74.6 Å². The molecule has 1 rings (SSSR count). The highest BCUT2D eigenvalue weighted by molar-refractivity contribution is 5.87. The van der Waals surface area contributed by atoms with Crippen molar-refractivity contribution in [1.29, 1.82) is 0 Å². The zero-order valence-corrected chi connectivity index (χ0v) is 8.30. The summed E-state index contributed by atoms with van der Waals surface area (Å²) in [5.41, 5.74) is 1.04. The summed E-state index contributed by atoms with van der Waals surface area (Å²) in [4.78, 5) is 21.1. The summed E-state index contributed by atoms with van der Waals surface area (Å²) in [6.45, 7) is 1.62. The van der Waals surface area contributed by atoms with Gasteiger partial charge in [0, 0.05) is 0 Å². The maximum Gasteiger partial charge on any atom is 0.335 e. The SMILES string of the molecule is CC(Cc1ccc(C(=O)O)cc1)C(=O)O. The first-order valence-electron chi connectivity index (χ1n) is 4.55. The highest BCUT2D eigenvalue weighted by atomic mass is 16.4. The zero-order valence-electron chi connectivity index (χ0n) is 8.30. The number of aliphatic carboxylic acids is 1. The van der Waals surface area contributed by atoms with Gasteiger partial charge in [-0.1, -0.05) is 19.1 Å². The molecule has 0 saturated carbocycles. The van der Waals surface area contributed by atoms with Crippen LogP contribution in [0.1, 0.15) is 22.8 Å². The molecule has 0 heterocycles. The summed E-state index contributed by atoms with van der Waals surface area (Å²) < 4.78 is 0. The van der Waals surface area contributed by atoms with Crippen LogP contribution < -0.4 is 0 Å². The number of benzene rings is 1. The molecule has 15 heavy (non-hydrogen) atoms. The fourth-order valence-electron chi connectivity index (χ4n) is 1.22. The number of rotatable bonds is 4. The number of carboxylic acids is 2. The smallest absolute Gasteiger partial charge is 0.335 e. The van der Waals surface area contributed by atoms with Gasteiger partial charge in [0.25, 0.3) is 0 Å². The Morgan fingerprint density at radius 3 is 2.13 bits per heavy atom. The van der Waals surface area contributed by atoms with Gasteiger partial charge in [0.2, 0.25) is 0 Å². The Morgan fingerprint density at radius 1 is 1.20 bits per heavy atom. The van der Waals surface area contributed by atoms with Crippen LogP contribution in [0.25, 0.3) is 0 Å². The predicted molar refractivity (Wildman–Crippen MR) is 53.9 cm³/mol. The van der Waals surface area contributed by atoms with Crippen LogP contribution in [-0.2, 0) is 11.2 Å². The quantitative estimate of drug-likeness (QED) is 0.788. The monoisotopic (exact) mass is 208 g/mol. The molecule has 0 aromatic heterocycles. The van der Waals surface area contributed by atoms with Crippen molar-refractivity contribution in [3.63, 3.8) is 0 Å². The van der Waals surface area contributed by atoms with E-state index in [2.05, 4.69) is 0 Å². The second kappa shape index (κ2) is 4.59. The number of carbonyl (C=O) groups is 2. The van der Waals surface area contributed by atoms with Gasteiger partial charge in [-0.3, -0.25) is 4.79 Å². The van der Waals surface area contributed by atoms with Crippen LogP contribution in [0.3, 0.4) is 0 Å². The molecule has 0 bridgehead atoms. The lowest BCUT2D eigenvalue weighted by Gasteiger charge is -2.05. The molecule has 0 aliphatic heterocycles. The van der Waals surface area contributed by atoms with E-state index < -0.39 is 17.9 Å². The van der Waals surface area contributed by atoms with Crippen LogP contribution in [0.15, 0.2) is 24.3 Å². The zero-order chi connectivity index (χ0) is 11.4. The lowest BCUT2D eigenvalue weighted by Crippen LogP contribution is -2.12. The molecule has 0 radical (unpaired) electrons. The first-order chi connectivity index (χ1) is 7.00. The Morgan fingerprint density at radius 2 is 1.73 bits per heavy atom. The molecule has 0 saturated heterocycles. The highest BCUT2D eigenvalue weighted by Gasteiger charge is 2.11. The van der Waals surface area contributed by atoms with E-state index in [0.717, 1.165) is 5.56 Å².